The topological polar surface area (TPSA) is 75.4 Å². The van der Waals surface area contributed by atoms with Crippen molar-refractivity contribution in [1.82, 2.24) is 4.98 Å². The molecule has 2 N–H and O–H groups in total. The summed E-state index contributed by atoms with van der Waals surface area (Å²) in [6.07, 6.45) is 1.50. The molecule has 26 heavy (non-hydrogen) atoms. The maximum absolute atomic E-state index is 13.7. The highest BCUT2D eigenvalue weighted by Crippen LogP contribution is 2.36. The first-order valence-electron chi connectivity index (χ1n) is 7.80. The largest absolute Gasteiger partial charge is 0.506 e. The Bertz CT molecular complexity index is 1080. The zero-order valence-electron chi connectivity index (χ0n) is 13.5. The molecule has 0 bridgehead atoms. The van der Waals surface area contributed by atoms with Gasteiger partial charge in [-0.1, -0.05) is 36.9 Å². The number of halogens is 1. The summed E-state index contributed by atoms with van der Waals surface area (Å²) < 4.78 is 19.3. The third kappa shape index (κ3) is 2.57. The maximum atomic E-state index is 13.7. The van der Waals surface area contributed by atoms with Crippen molar-refractivity contribution in [2.75, 3.05) is 5.32 Å². The lowest BCUT2D eigenvalue weighted by molar-refractivity contribution is -0.111. The molecule has 0 atom stereocenters. The van der Waals surface area contributed by atoms with E-state index in [9.17, 15) is 14.3 Å². The molecule has 6 heteroatoms. The molecule has 0 spiro atoms. The Hall–Kier alpha value is -3.67. The monoisotopic (exact) mass is 348 g/mol. The van der Waals surface area contributed by atoms with Crippen LogP contribution in [-0.4, -0.2) is 15.9 Å². The predicted molar refractivity (Wildman–Crippen MR) is 95.3 cm³/mol. The van der Waals surface area contributed by atoms with E-state index in [1.54, 1.807) is 42.5 Å². The molecular weight excluding hydrogens is 335 g/mol. The first-order chi connectivity index (χ1) is 12.5. The van der Waals surface area contributed by atoms with Crippen LogP contribution in [0.15, 0.2) is 77.1 Å². The summed E-state index contributed by atoms with van der Waals surface area (Å²) in [5, 5.41) is 12.6. The molecule has 1 aromatic heterocycles. The second kappa shape index (κ2) is 6.00. The van der Waals surface area contributed by atoms with Crippen molar-refractivity contribution in [3.8, 4) is 11.3 Å². The quantitative estimate of drug-likeness (QED) is 0.672. The lowest BCUT2D eigenvalue weighted by atomic mass is 9.84. The molecule has 1 aliphatic rings. The fraction of sp³-hybridized carbons (Fsp3) is 0. The van der Waals surface area contributed by atoms with Crippen LogP contribution in [-0.2, 0) is 4.79 Å². The van der Waals surface area contributed by atoms with E-state index in [1.165, 1.54) is 12.3 Å². The zero-order chi connectivity index (χ0) is 18.3. The van der Waals surface area contributed by atoms with Crippen LogP contribution in [0.4, 0.5) is 16.1 Å². The minimum Gasteiger partial charge on any atom is -0.506 e. The number of aliphatic hydroxyl groups is 1. The molecule has 0 saturated carbocycles. The molecule has 0 saturated heterocycles. The number of hydrogen-bond donors (Lipinski definition) is 2. The molecule has 1 heterocycles. The average molecular weight is 348 g/mol. The van der Waals surface area contributed by atoms with Crippen molar-refractivity contribution in [2.24, 2.45) is 0 Å². The number of rotatable bonds is 4. The Balaban J connectivity index is 1.63. The number of oxazole rings is 1. The molecule has 5 nitrogen and oxygen atoms in total. The van der Waals surface area contributed by atoms with Crippen LogP contribution in [0.25, 0.3) is 16.9 Å². The number of nitrogens with one attached hydrogen (secondary N) is 1. The van der Waals surface area contributed by atoms with E-state index in [-0.39, 0.29) is 34.4 Å². The number of para-hydroxylation sites is 1. The molecule has 4 rings (SSSR count). The average Bonchev–Trinajstić information content (AvgIpc) is 3.12. The highest BCUT2D eigenvalue weighted by molar-refractivity contribution is 6.38. The Morgan fingerprint density at radius 3 is 2.65 bits per heavy atom. The summed E-state index contributed by atoms with van der Waals surface area (Å²) in [6.45, 7) is 3.50. The smallest absolute Gasteiger partial charge is 0.299 e. The Morgan fingerprint density at radius 2 is 1.88 bits per heavy atom. The number of carbonyl (C=O) groups is 1. The van der Waals surface area contributed by atoms with Gasteiger partial charge in [0.1, 0.15) is 11.6 Å². The van der Waals surface area contributed by atoms with Gasteiger partial charge in [-0.2, -0.15) is 0 Å². The number of aliphatic hydroxyl groups excluding tert-OH is 1. The number of benzene rings is 2. The minimum atomic E-state index is -0.416. The second-order valence-electron chi connectivity index (χ2n) is 5.75. The second-order valence-corrected chi connectivity index (χ2v) is 5.75. The number of anilines is 2. The van der Waals surface area contributed by atoms with Gasteiger partial charge in [-0.05, 0) is 23.8 Å². The van der Waals surface area contributed by atoms with Crippen molar-refractivity contribution in [1.29, 1.82) is 0 Å². The summed E-state index contributed by atoms with van der Waals surface area (Å²) in [5.41, 5.74) is 1.84. The highest BCUT2D eigenvalue weighted by Gasteiger charge is 2.33. The number of hydrogen-bond acceptors (Lipinski definition) is 5. The van der Waals surface area contributed by atoms with Gasteiger partial charge in [-0.3, -0.25) is 4.79 Å². The van der Waals surface area contributed by atoms with Crippen molar-refractivity contribution in [2.45, 2.75) is 0 Å². The fourth-order valence-electron chi connectivity index (χ4n) is 2.69. The molecule has 0 radical (unpaired) electrons. The SMILES string of the molecule is C=C1C(=O)C(c2cccc(-c3cnc(Nc4ccccc4F)o3)c2)=C1O. The summed E-state index contributed by atoms with van der Waals surface area (Å²) in [6, 6.07) is 13.3. The zero-order valence-corrected chi connectivity index (χ0v) is 13.5. The number of aromatic nitrogens is 1. The predicted octanol–water partition coefficient (Wildman–Crippen LogP) is 4.63. The molecule has 128 valence electrons. The van der Waals surface area contributed by atoms with E-state index in [1.807, 2.05) is 0 Å². The highest BCUT2D eigenvalue weighted by atomic mass is 19.1. The lowest BCUT2D eigenvalue weighted by Crippen LogP contribution is -2.19. The van der Waals surface area contributed by atoms with Crippen LogP contribution in [0.1, 0.15) is 5.56 Å². The van der Waals surface area contributed by atoms with E-state index in [0.717, 1.165) is 0 Å². The maximum Gasteiger partial charge on any atom is 0.299 e. The molecular formula is C20H13FN2O3. The van der Waals surface area contributed by atoms with Crippen LogP contribution < -0.4 is 5.32 Å². The standard InChI is InChI=1S/C20H13FN2O3/c1-11-18(24)17(19(11)25)13-6-4-5-12(9-13)16-10-22-20(26-16)23-15-8-3-2-7-14(15)21/h2-10,24H,1H2,(H,22,23). The minimum absolute atomic E-state index is 0.0911. The van der Waals surface area contributed by atoms with E-state index in [4.69, 9.17) is 4.42 Å². The number of carbonyl (C=O) groups excluding carboxylic acids is 1. The number of ketones is 1. The van der Waals surface area contributed by atoms with Crippen molar-refractivity contribution >= 4 is 23.1 Å². The van der Waals surface area contributed by atoms with Crippen LogP contribution in [0, 0.1) is 5.82 Å². The molecule has 3 aromatic rings. The summed E-state index contributed by atoms with van der Waals surface area (Å²) in [7, 11) is 0. The van der Waals surface area contributed by atoms with E-state index in [2.05, 4.69) is 16.9 Å². The first-order valence-corrected chi connectivity index (χ1v) is 7.80. The van der Waals surface area contributed by atoms with Gasteiger partial charge >= 0.3 is 0 Å². The lowest BCUT2D eigenvalue weighted by Gasteiger charge is -2.20. The van der Waals surface area contributed by atoms with Crippen molar-refractivity contribution < 1.29 is 18.7 Å². The van der Waals surface area contributed by atoms with Gasteiger partial charge in [0.25, 0.3) is 6.01 Å². The van der Waals surface area contributed by atoms with Gasteiger partial charge in [0.15, 0.2) is 5.76 Å². The van der Waals surface area contributed by atoms with Crippen LogP contribution in [0.3, 0.4) is 0 Å². The number of nitrogens with zero attached hydrogens (tertiary/aromatic N) is 1. The molecule has 2 aromatic carbocycles. The van der Waals surface area contributed by atoms with Crippen molar-refractivity contribution in [3.63, 3.8) is 0 Å². The molecule has 0 aliphatic heterocycles. The van der Waals surface area contributed by atoms with Crippen LogP contribution >= 0.6 is 0 Å². The Kier molecular flexibility index (Phi) is 3.65. The van der Waals surface area contributed by atoms with Gasteiger partial charge in [-0.25, -0.2) is 9.37 Å². The third-order valence-corrected chi connectivity index (χ3v) is 4.08. The van der Waals surface area contributed by atoms with Crippen LogP contribution in [0.2, 0.25) is 0 Å². The van der Waals surface area contributed by atoms with Gasteiger partial charge in [-0.15, -0.1) is 0 Å². The van der Waals surface area contributed by atoms with Gasteiger partial charge in [0.05, 0.1) is 23.0 Å². The molecule has 1 aliphatic carbocycles. The van der Waals surface area contributed by atoms with Crippen molar-refractivity contribution in [3.05, 3.63) is 84.0 Å². The number of Topliss-reactive ketones (excluding diaryl/α,β-unsaturated/α-hetero) is 1. The van der Waals surface area contributed by atoms with Gasteiger partial charge in [0.2, 0.25) is 5.78 Å². The number of allylic oxidation sites excluding steroid dienone is 2. The normalized spacial score (nSPS) is 13.7. The van der Waals surface area contributed by atoms with E-state index in [0.29, 0.717) is 16.9 Å². The van der Waals surface area contributed by atoms with Gasteiger partial charge < -0.3 is 14.8 Å². The van der Waals surface area contributed by atoms with Gasteiger partial charge in [0, 0.05) is 5.56 Å². The van der Waals surface area contributed by atoms with E-state index < -0.39 is 5.82 Å². The fourth-order valence-corrected chi connectivity index (χ4v) is 2.69. The third-order valence-electron chi connectivity index (χ3n) is 4.08. The summed E-state index contributed by atoms with van der Waals surface area (Å²) in [5.74, 6) is -0.345. The Labute approximate surface area is 148 Å². The molecule has 0 unspecified atom stereocenters. The molecule has 0 fully saturated rings. The summed E-state index contributed by atoms with van der Waals surface area (Å²) in [4.78, 5) is 16.0. The first kappa shape index (κ1) is 15.8. The molecule has 0 amide bonds. The van der Waals surface area contributed by atoms with E-state index >= 15 is 0 Å². The Morgan fingerprint density at radius 1 is 1.12 bits per heavy atom. The summed E-state index contributed by atoms with van der Waals surface area (Å²) >= 11 is 0. The van der Waals surface area contributed by atoms with Crippen LogP contribution in [0.5, 0.6) is 0 Å².